The smallest absolute Gasteiger partial charge is 0.233 e. The molecule has 0 saturated carbocycles. The van der Waals surface area contributed by atoms with Crippen LogP contribution in [0.3, 0.4) is 0 Å². The van der Waals surface area contributed by atoms with E-state index in [1.807, 2.05) is 0 Å². The van der Waals surface area contributed by atoms with Gasteiger partial charge in [0.25, 0.3) is 0 Å². The van der Waals surface area contributed by atoms with Crippen LogP contribution in [0.1, 0.15) is 36.9 Å². The number of hydrogen-bond donors (Lipinski definition) is 2. The number of nitrogens with zero attached hydrogens (tertiary/aromatic N) is 1. The van der Waals surface area contributed by atoms with Crippen molar-refractivity contribution in [2.45, 2.75) is 38.8 Å². The number of carbonyl (C=O) groups is 1. The van der Waals surface area contributed by atoms with Gasteiger partial charge in [0.05, 0.1) is 6.54 Å². The lowest BCUT2D eigenvalue weighted by Crippen LogP contribution is -2.46. The number of rotatable bonds is 5. The number of aryl methyl sites for hydroxylation is 1. The fourth-order valence-corrected chi connectivity index (χ4v) is 3.06. The van der Waals surface area contributed by atoms with Gasteiger partial charge >= 0.3 is 0 Å². The summed E-state index contributed by atoms with van der Waals surface area (Å²) in [4.78, 5) is 13.6. The number of hydrogen-bond acceptors (Lipinski definition) is 3. The van der Waals surface area contributed by atoms with E-state index in [1.54, 1.807) is 7.05 Å². The van der Waals surface area contributed by atoms with Crippen molar-refractivity contribution in [2.75, 3.05) is 26.7 Å². The van der Waals surface area contributed by atoms with Gasteiger partial charge in [0.15, 0.2) is 0 Å². The summed E-state index contributed by atoms with van der Waals surface area (Å²) < 4.78 is 0. The second-order valence-electron chi connectivity index (χ2n) is 5.97. The minimum Gasteiger partial charge on any atom is -0.358 e. The van der Waals surface area contributed by atoms with Gasteiger partial charge in [0, 0.05) is 32.2 Å². The van der Waals surface area contributed by atoms with Crippen LogP contribution in [0, 0.1) is 6.92 Å². The number of piperidine rings is 1. The van der Waals surface area contributed by atoms with Crippen molar-refractivity contribution < 1.29 is 4.79 Å². The molecule has 2 N–H and O–H groups in total. The summed E-state index contributed by atoms with van der Waals surface area (Å²) in [6.07, 6.45) is 2.21. The number of carbonyl (C=O) groups excluding carboxylic acids is 1. The molecular weight excluding hydrogens is 262 g/mol. The first-order chi connectivity index (χ1) is 10.1. The van der Waals surface area contributed by atoms with E-state index in [4.69, 9.17) is 0 Å². The van der Waals surface area contributed by atoms with Crippen molar-refractivity contribution in [3.63, 3.8) is 0 Å². The Morgan fingerprint density at radius 2 is 2.00 bits per heavy atom. The fraction of sp³-hybridized carbons (Fsp3) is 0.588. The van der Waals surface area contributed by atoms with Gasteiger partial charge in [-0.2, -0.15) is 0 Å². The van der Waals surface area contributed by atoms with Crippen molar-refractivity contribution in [3.05, 3.63) is 35.4 Å². The molecular formula is C17H27N3O. The predicted molar refractivity (Wildman–Crippen MR) is 86.3 cm³/mol. The second-order valence-corrected chi connectivity index (χ2v) is 5.97. The van der Waals surface area contributed by atoms with Crippen molar-refractivity contribution in [2.24, 2.45) is 0 Å². The topological polar surface area (TPSA) is 44.4 Å². The molecule has 4 nitrogen and oxygen atoms in total. The van der Waals surface area contributed by atoms with Crippen molar-refractivity contribution in [1.82, 2.24) is 15.5 Å². The average Bonchev–Trinajstić information content (AvgIpc) is 2.49. The van der Waals surface area contributed by atoms with Crippen LogP contribution in [-0.4, -0.2) is 43.5 Å². The number of nitrogens with one attached hydrogen (secondary N) is 2. The van der Waals surface area contributed by atoms with Gasteiger partial charge in [-0.15, -0.1) is 0 Å². The van der Waals surface area contributed by atoms with E-state index in [0.29, 0.717) is 18.6 Å². The van der Waals surface area contributed by atoms with E-state index in [2.05, 4.69) is 53.6 Å². The molecule has 1 atom stereocenters. The van der Waals surface area contributed by atoms with Gasteiger partial charge in [-0.05, 0) is 37.8 Å². The number of benzene rings is 1. The number of likely N-dealkylation sites (tertiary alicyclic amines) is 1. The van der Waals surface area contributed by atoms with E-state index >= 15 is 0 Å². The number of likely N-dealkylation sites (N-methyl/N-ethyl adjacent to an activating group) is 1. The van der Waals surface area contributed by atoms with Crippen LogP contribution in [0.4, 0.5) is 0 Å². The van der Waals surface area contributed by atoms with Crippen LogP contribution >= 0.6 is 0 Å². The van der Waals surface area contributed by atoms with Gasteiger partial charge in [0.1, 0.15) is 0 Å². The molecule has 1 unspecified atom stereocenters. The van der Waals surface area contributed by atoms with Crippen LogP contribution in [0.15, 0.2) is 24.3 Å². The first kappa shape index (κ1) is 16.0. The summed E-state index contributed by atoms with van der Waals surface area (Å²) in [5, 5.41) is 6.42. The molecule has 0 bridgehead atoms. The third kappa shape index (κ3) is 4.55. The average molecular weight is 289 g/mol. The van der Waals surface area contributed by atoms with Gasteiger partial charge in [-0.1, -0.05) is 24.3 Å². The molecule has 0 spiro atoms. The summed E-state index contributed by atoms with van der Waals surface area (Å²) in [6.45, 7) is 6.91. The Morgan fingerprint density at radius 3 is 2.62 bits per heavy atom. The first-order valence-corrected chi connectivity index (χ1v) is 7.84. The quantitative estimate of drug-likeness (QED) is 0.869. The zero-order valence-corrected chi connectivity index (χ0v) is 13.4. The maximum atomic E-state index is 11.4. The minimum atomic E-state index is 0.106. The highest BCUT2D eigenvalue weighted by molar-refractivity contribution is 5.77. The maximum Gasteiger partial charge on any atom is 0.233 e. The van der Waals surface area contributed by atoms with E-state index in [0.717, 1.165) is 25.9 Å². The third-order valence-corrected chi connectivity index (χ3v) is 4.37. The van der Waals surface area contributed by atoms with Gasteiger partial charge in [-0.25, -0.2) is 0 Å². The predicted octanol–water partition coefficient (Wildman–Crippen LogP) is 1.86. The summed E-state index contributed by atoms with van der Waals surface area (Å²) in [6, 6.07) is 9.48. The van der Waals surface area contributed by atoms with Crippen LogP contribution in [-0.2, 0) is 4.79 Å². The zero-order valence-electron chi connectivity index (χ0n) is 13.4. The summed E-state index contributed by atoms with van der Waals surface area (Å²) in [5.74, 6) is 0.106. The molecule has 21 heavy (non-hydrogen) atoms. The maximum absolute atomic E-state index is 11.4. The van der Waals surface area contributed by atoms with E-state index < -0.39 is 0 Å². The molecule has 0 aliphatic carbocycles. The highest BCUT2D eigenvalue weighted by Gasteiger charge is 2.22. The Morgan fingerprint density at radius 1 is 1.33 bits per heavy atom. The first-order valence-electron chi connectivity index (χ1n) is 7.84. The standard InChI is InChI=1S/C17H27N3O/c1-13-6-4-5-7-16(13)14(2)19-15-8-10-20(11-9-15)12-17(21)18-3/h4-7,14-15,19H,8-12H2,1-3H3,(H,18,21). The van der Waals surface area contributed by atoms with E-state index in [1.165, 1.54) is 11.1 Å². The molecule has 1 aromatic rings. The Hall–Kier alpha value is -1.39. The fourth-order valence-electron chi connectivity index (χ4n) is 3.06. The normalized spacial score (nSPS) is 18.4. The summed E-state index contributed by atoms with van der Waals surface area (Å²) in [5.41, 5.74) is 2.72. The van der Waals surface area contributed by atoms with Gasteiger partial charge in [0.2, 0.25) is 5.91 Å². The van der Waals surface area contributed by atoms with Crippen molar-refractivity contribution >= 4 is 5.91 Å². The molecule has 0 radical (unpaired) electrons. The monoisotopic (exact) mass is 289 g/mol. The molecule has 1 saturated heterocycles. The van der Waals surface area contributed by atoms with Crippen LogP contribution in [0.25, 0.3) is 0 Å². The molecule has 1 heterocycles. The zero-order chi connectivity index (χ0) is 15.2. The van der Waals surface area contributed by atoms with Crippen LogP contribution in [0.2, 0.25) is 0 Å². The van der Waals surface area contributed by atoms with Crippen molar-refractivity contribution in [3.8, 4) is 0 Å². The molecule has 2 rings (SSSR count). The second kappa shape index (κ2) is 7.57. The van der Waals surface area contributed by atoms with Crippen LogP contribution < -0.4 is 10.6 Å². The third-order valence-electron chi connectivity index (χ3n) is 4.37. The Balaban J connectivity index is 1.81. The molecule has 116 valence electrons. The summed E-state index contributed by atoms with van der Waals surface area (Å²) in [7, 11) is 1.69. The molecule has 1 aromatic carbocycles. The minimum absolute atomic E-state index is 0.106. The summed E-state index contributed by atoms with van der Waals surface area (Å²) >= 11 is 0. The SMILES string of the molecule is CNC(=O)CN1CCC(NC(C)c2ccccc2C)CC1. The lowest BCUT2D eigenvalue weighted by Gasteiger charge is -2.33. The van der Waals surface area contributed by atoms with Gasteiger partial charge in [-0.3, -0.25) is 9.69 Å². The van der Waals surface area contributed by atoms with Crippen LogP contribution in [0.5, 0.6) is 0 Å². The molecule has 1 aliphatic heterocycles. The molecule has 0 aromatic heterocycles. The van der Waals surface area contributed by atoms with E-state index in [9.17, 15) is 4.79 Å². The molecule has 4 heteroatoms. The Kier molecular flexibility index (Phi) is 5.76. The molecule has 1 aliphatic rings. The molecule has 1 amide bonds. The lowest BCUT2D eigenvalue weighted by atomic mass is 9.99. The lowest BCUT2D eigenvalue weighted by molar-refractivity contribution is -0.122. The van der Waals surface area contributed by atoms with Crippen molar-refractivity contribution in [1.29, 1.82) is 0 Å². The highest BCUT2D eigenvalue weighted by atomic mass is 16.1. The number of amides is 1. The van der Waals surface area contributed by atoms with Gasteiger partial charge < -0.3 is 10.6 Å². The Bertz CT molecular complexity index is 467. The molecule has 1 fully saturated rings. The highest BCUT2D eigenvalue weighted by Crippen LogP contribution is 2.20. The van der Waals surface area contributed by atoms with E-state index in [-0.39, 0.29) is 5.91 Å². The Labute approximate surface area is 127 Å². The largest absolute Gasteiger partial charge is 0.358 e.